The lowest BCUT2D eigenvalue weighted by atomic mass is 10.0. The monoisotopic (exact) mass is 419 g/mol. The van der Waals surface area contributed by atoms with Gasteiger partial charge in [-0.2, -0.15) is 12.8 Å². The summed E-state index contributed by atoms with van der Waals surface area (Å²) >= 11 is 29.2. The fourth-order valence-corrected chi connectivity index (χ4v) is 4.08. The predicted octanol–water partition coefficient (Wildman–Crippen LogP) is 3.87. The van der Waals surface area contributed by atoms with E-state index in [9.17, 15) is 13.2 Å². The molecule has 0 saturated carbocycles. The molecule has 22 heavy (non-hydrogen) atoms. The molecule has 0 amide bonds. The Labute approximate surface area is 151 Å². The molecule has 1 aliphatic carbocycles. The van der Waals surface area contributed by atoms with E-state index in [-0.39, 0.29) is 10.6 Å². The van der Waals surface area contributed by atoms with E-state index < -0.39 is 35.6 Å². The fourth-order valence-electron chi connectivity index (χ4n) is 1.62. The molecule has 1 atom stereocenters. The van der Waals surface area contributed by atoms with Crippen LogP contribution in [-0.2, 0) is 14.8 Å². The average Bonchev–Trinajstić information content (AvgIpc) is 2.49. The average molecular weight is 422 g/mol. The van der Waals surface area contributed by atoms with E-state index in [1.807, 2.05) is 0 Å². The van der Waals surface area contributed by atoms with Gasteiger partial charge in [-0.25, -0.2) is 0 Å². The van der Waals surface area contributed by atoms with Crippen molar-refractivity contribution >= 4 is 79.5 Å². The maximum atomic E-state index is 12.2. The second-order valence-corrected chi connectivity index (χ2v) is 8.39. The summed E-state index contributed by atoms with van der Waals surface area (Å²) in [7, 11) is -4.12. The van der Waals surface area contributed by atoms with E-state index in [0.717, 1.165) is 0 Å². The van der Waals surface area contributed by atoms with Crippen molar-refractivity contribution in [3.05, 3.63) is 40.4 Å². The molecule has 0 N–H and O–H groups in total. The van der Waals surface area contributed by atoms with Gasteiger partial charge in [0.05, 0.1) is 15.6 Å². The number of halogens is 5. The number of nitrogens with zero attached hydrogens (tertiary/aromatic N) is 1. The van der Waals surface area contributed by atoms with Gasteiger partial charge in [-0.1, -0.05) is 64.6 Å². The Morgan fingerprint density at radius 2 is 1.59 bits per heavy atom. The smallest absolute Gasteiger partial charge is 0.282 e. The number of benzene rings is 1. The summed E-state index contributed by atoms with van der Waals surface area (Å²) in [5.41, 5.74) is -0.387. The maximum absolute atomic E-state index is 12.2. The van der Waals surface area contributed by atoms with Crippen LogP contribution in [0.25, 0.3) is 0 Å². The first-order valence-corrected chi connectivity index (χ1v) is 9.00. The third kappa shape index (κ3) is 3.16. The summed E-state index contributed by atoms with van der Waals surface area (Å²) in [6, 6.07) is 7.36. The van der Waals surface area contributed by atoms with E-state index in [0.29, 0.717) is 0 Å². The van der Waals surface area contributed by atoms with Crippen LogP contribution in [0.2, 0.25) is 0 Å². The Hall–Kier alpha value is -0.300. The maximum Gasteiger partial charge on any atom is 0.282 e. The number of rotatable bonds is 2. The van der Waals surface area contributed by atoms with Crippen molar-refractivity contribution in [1.29, 1.82) is 0 Å². The van der Waals surface area contributed by atoms with Crippen LogP contribution in [-0.4, -0.2) is 29.6 Å². The fraction of sp³-hybridized carbons (Fsp3) is 0.167. The van der Waals surface area contributed by atoms with Gasteiger partial charge in [-0.15, -0.1) is 11.6 Å². The van der Waals surface area contributed by atoms with Gasteiger partial charge in [0, 0.05) is 0 Å². The van der Waals surface area contributed by atoms with Gasteiger partial charge in [0.15, 0.2) is 0 Å². The van der Waals surface area contributed by atoms with Gasteiger partial charge in [0.2, 0.25) is 10.1 Å². The molecule has 1 aromatic rings. The zero-order chi connectivity index (χ0) is 16.7. The third-order valence-corrected chi connectivity index (χ3v) is 6.42. The number of carbonyl (C=O) groups excluding carboxylic acids is 1. The second kappa shape index (κ2) is 6.30. The molecule has 1 aromatic carbocycles. The van der Waals surface area contributed by atoms with Crippen LogP contribution < -0.4 is 0 Å². The lowest BCUT2D eigenvalue weighted by Crippen LogP contribution is -2.45. The van der Waals surface area contributed by atoms with Crippen molar-refractivity contribution in [2.24, 2.45) is 4.40 Å². The van der Waals surface area contributed by atoms with Gasteiger partial charge >= 0.3 is 0 Å². The SMILES string of the molecule is O=C1C(Cl)=C(Cl)C(=NS(=O)(=O)c2ccccc2)[C@H](Cl)C1(Cl)Cl. The molecule has 0 heterocycles. The highest BCUT2D eigenvalue weighted by atomic mass is 35.5. The summed E-state index contributed by atoms with van der Waals surface area (Å²) < 4.78 is 25.9. The van der Waals surface area contributed by atoms with E-state index in [1.165, 1.54) is 24.3 Å². The van der Waals surface area contributed by atoms with Gasteiger partial charge in [-0.3, -0.25) is 4.79 Å². The van der Waals surface area contributed by atoms with Crippen molar-refractivity contribution < 1.29 is 13.2 Å². The predicted molar refractivity (Wildman–Crippen MR) is 88.9 cm³/mol. The van der Waals surface area contributed by atoms with Crippen LogP contribution in [0.3, 0.4) is 0 Å². The first-order chi connectivity index (χ1) is 10.1. The van der Waals surface area contributed by atoms with E-state index in [4.69, 9.17) is 58.0 Å². The number of carbonyl (C=O) groups is 1. The highest BCUT2D eigenvalue weighted by molar-refractivity contribution is 7.90. The largest absolute Gasteiger partial charge is 0.290 e. The van der Waals surface area contributed by atoms with Crippen molar-refractivity contribution in [2.75, 3.05) is 0 Å². The van der Waals surface area contributed by atoms with E-state index in [2.05, 4.69) is 4.40 Å². The zero-order valence-corrected chi connectivity index (χ0v) is 15.0. The summed E-state index contributed by atoms with van der Waals surface area (Å²) in [4.78, 5) is 11.7. The molecule has 1 aliphatic rings. The summed E-state index contributed by atoms with van der Waals surface area (Å²) in [6.45, 7) is 0. The van der Waals surface area contributed by atoms with E-state index in [1.54, 1.807) is 6.07 Å². The molecular weight excluding hydrogens is 415 g/mol. The Bertz CT molecular complexity index is 786. The molecule has 0 bridgehead atoms. The normalized spacial score (nSPS) is 24.0. The molecule has 0 aliphatic heterocycles. The number of alkyl halides is 3. The molecule has 0 radical (unpaired) electrons. The summed E-state index contributed by atoms with van der Waals surface area (Å²) in [6.07, 6.45) is 0. The zero-order valence-electron chi connectivity index (χ0n) is 10.4. The molecule has 118 valence electrons. The number of allylic oxidation sites excluding steroid dienone is 2. The molecule has 0 saturated heterocycles. The van der Waals surface area contributed by atoms with Gasteiger partial charge in [0.1, 0.15) is 10.4 Å². The Morgan fingerprint density at radius 1 is 1.05 bits per heavy atom. The lowest BCUT2D eigenvalue weighted by Gasteiger charge is -2.29. The molecule has 10 heteroatoms. The molecule has 0 spiro atoms. The summed E-state index contributed by atoms with van der Waals surface area (Å²) in [5.74, 6) is -0.918. The number of sulfonamides is 1. The van der Waals surface area contributed by atoms with Crippen molar-refractivity contribution in [2.45, 2.75) is 14.6 Å². The molecule has 2 rings (SSSR count). The highest BCUT2D eigenvalue weighted by Crippen LogP contribution is 2.42. The Balaban J connectivity index is 2.63. The van der Waals surface area contributed by atoms with Crippen LogP contribution in [0.1, 0.15) is 0 Å². The number of hydrogen-bond acceptors (Lipinski definition) is 3. The minimum absolute atomic E-state index is 0.0846. The van der Waals surface area contributed by atoms with Crippen LogP contribution in [0.15, 0.2) is 49.7 Å². The molecule has 4 nitrogen and oxygen atoms in total. The third-order valence-electron chi connectivity index (χ3n) is 2.74. The number of hydrogen-bond donors (Lipinski definition) is 0. The number of Topliss-reactive ketones (excluding diaryl/α,β-unsaturated/α-hetero) is 1. The van der Waals surface area contributed by atoms with Gasteiger partial charge in [0.25, 0.3) is 10.0 Å². The first kappa shape index (κ1) is 18.0. The minimum Gasteiger partial charge on any atom is -0.290 e. The molecule has 0 unspecified atom stereocenters. The topological polar surface area (TPSA) is 63.6 Å². The van der Waals surface area contributed by atoms with Gasteiger partial charge < -0.3 is 0 Å². The Morgan fingerprint density at radius 3 is 2.14 bits per heavy atom. The summed E-state index contributed by atoms with van der Waals surface area (Å²) in [5, 5.41) is -2.40. The molecule has 0 fully saturated rings. The van der Waals surface area contributed by atoms with Crippen molar-refractivity contribution in [1.82, 2.24) is 0 Å². The van der Waals surface area contributed by atoms with Crippen molar-refractivity contribution in [3.8, 4) is 0 Å². The van der Waals surface area contributed by atoms with Gasteiger partial charge in [-0.05, 0) is 12.1 Å². The van der Waals surface area contributed by atoms with Crippen LogP contribution in [0, 0.1) is 0 Å². The standard InChI is InChI=1S/C12H6Cl5NO3S/c13-7-8(14)11(19)12(16,17)10(15)9(7)18-22(20,21)6-4-2-1-3-5-6/h1-5,10H/t10-/m0/s1. The first-order valence-electron chi connectivity index (χ1n) is 5.61. The minimum atomic E-state index is -4.12. The lowest BCUT2D eigenvalue weighted by molar-refractivity contribution is -0.115. The van der Waals surface area contributed by atoms with Crippen LogP contribution >= 0.6 is 58.0 Å². The van der Waals surface area contributed by atoms with Crippen LogP contribution in [0.5, 0.6) is 0 Å². The molecule has 0 aromatic heterocycles. The van der Waals surface area contributed by atoms with Crippen LogP contribution in [0.4, 0.5) is 0 Å². The number of ketones is 1. The second-order valence-electron chi connectivity index (χ2n) is 4.21. The van der Waals surface area contributed by atoms with E-state index >= 15 is 0 Å². The van der Waals surface area contributed by atoms with Crippen molar-refractivity contribution in [3.63, 3.8) is 0 Å². The Kier molecular flexibility index (Phi) is 5.17. The molecular formula is C12H6Cl5NO3S. The quantitative estimate of drug-likeness (QED) is 0.681. The highest BCUT2D eigenvalue weighted by Gasteiger charge is 2.51.